The highest BCUT2D eigenvalue weighted by Gasteiger charge is 2.05. The predicted octanol–water partition coefficient (Wildman–Crippen LogP) is 3.02. The summed E-state index contributed by atoms with van der Waals surface area (Å²) in [5.41, 5.74) is 1.20. The highest BCUT2D eigenvalue weighted by Crippen LogP contribution is 2.23. The molecule has 2 aromatic heterocycles. The van der Waals surface area contributed by atoms with E-state index in [0.717, 1.165) is 5.56 Å². The average molecular weight is 391 g/mol. The van der Waals surface area contributed by atoms with Crippen LogP contribution in [-0.4, -0.2) is 26.6 Å². The molecule has 0 spiro atoms. The summed E-state index contributed by atoms with van der Waals surface area (Å²) in [4.78, 5) is 24.0. The third-order valence-corrected chi connectivity index (χ3v) is 4.44. The van der Waals surface area contributed by atoms with E-state index >= 15 is 0 Å². The van der Waals surface area contributed by atoms with Crippen molar-refractivity contribution in [2.75, 3.05) is 6.54 Å². The van der Waals surface area contributed by atoms with Gasteiger partial charge in [-0.05, 0) is 42.3 Å². The topological polar surface area (TPSA) is 68.4 Å². The van der Waals surface area contributed by atoms with Gasteiger partial charge >= 0.3 is 5.69 Å². The van der Waals surface area contributed by atoms with E-state index in [9.17, 15) is 9.59 Å². The number of carbonyl (C=O) groups is 1. The fourth-order valence-corrected chi connectivity index (χ4v) is 2.71. The number of halogens is 2. The fourth-order valence-electron chi connectivity index (χ4n) is 2.40. The first-order valence-corrected chi connectivity index (χ1v) is 8.75. The molecule has 0 saturated carbocycles. The van der Waals surface area contributed by atoms with Crippen LogP contribution < -0.4 is 11.0 Å². The van der Waals surface area contributed by atoms with Gasteiger partial charge in [-0.3, -0.25) is 9.20 Å². The maximum absolute atomic E-state index is 12.1. The second-order valence-electron chi connectivity index (χ2n) is 5.59. The van der Waals surface area contributed by atoms with Gasteiger partial charge in [0.05, 0.1) is 10.0 Å². The molecule has 0 atom stereocenters. The number of carbonyl (C=O) groups excluding carboxylic acids is 1. The van der Waals surface area contributed by atoms with Crippen LogP contribution in [0.15, 0.2) is 53.5 Å². The van der Waals surface area contributed by atoms with Crippen molar-refractivity contribution < 1.29 is 4.79 Å². The Bertz CT molecular complexity index is 1020. The Hall–Kier alpha value is -2.57. The van der Waals surface area contributed by atoms with Crippen LogP contribution in [-0.2, 0) is 11.3 Å². The molecule has 0 aliphatic rings. The molecule has 0 bridgehead atoms. The minimum absolute atomic E-state index is 0.188. The first-order valence-electron chi connectivity index (χ1n) is 8.00. The highest BCUT2D eigenvalue weighted by atomic mass is 35.5. The van der Waals surface area contributed by atoms with Crippen molar-refractivity contribution in [2.24, 2.45) is 0 Å². The van der Waals surface area contributed by atoms with Gasteiger partial charge in [-0.2, -0.15) is 0 Å². The van der Waals surface area contributed by atoms with Crippen LogP contribution in [0.1, 0.15) is 12.0 Å². The average Bonchev–Trinajstić information content (AvgIpc) is 2.96. The number of nitrogens with one attached hydrogen (secondary N) is 1. The zero-order valence-corrected chi connectivity index (χ0v) is 15.2. The van der Waals surface area contributed by atoms with Crippen LogP contribution in [0.3, 0.4) is 0 Å². The van der Waals surface area contributed by atoms with Crippen LogP contribution in [0.4, 0.5) is 0 Å². The van der Waals surface area contributed by atoms with Crippen molar-refractivity contribution in [1.82, 2.24) is 19.5 Å². The van der Waals surface area contributed by atoms with E-state index in [2.05, 4.69) is 10.4 Å². The summed E-state index contributed by atoms with van der Waals surface area (Å²) < 4.78 is 2.88. The number of aromatic nitrogens is 3. The molecule has 1 N–H and O–H groups in total. The highest BCUT2D eigenvalue weighted by molar-refractivity contribution is 6.42. The minimum atomic E-state index is -0.224. The van der Waals surface area contributed by atoms with Crippen LogP contribution >= 0.6 is 23.2 Å². The van der Waals surface area contributed by atoms with Gasteiger partial charge in [-0.25, -0.2) is 9.48 Å². The number of pyridine rings is 1. The number of benzene rings is 1. The van der Waals surface area contributed by atoms with Crippen molar-refractivity contribution in [3.63, 3.8) is 0 Å². The number of amides is 1. The second-order valence-corrected chi connectivity index (χ2v) is 6.40. The molecule has 2 heterocycles. The first-order chi connectivity index (χ1) is 12.5. The molecule has 8 heteroatoms. The van der Waals surface area contributed by atoms with Gasteiger partial charge in [0.2, 0.25) is 5.91 Å². The van der Waals surface area contributed by atoms with Gasteiger partial charge in [0.1, 0.15) is 0 Å². The van der Waals surface area contributed by atoms with Crippen molar-refractivity contribution in [1.29, 1.82) is 0 Å². The third kappa shape index (κ3) is 4.33. The molecular formula is C18H16Cl2N4O2. The van der Waals surface area contributed by atoms with E-state index in [-0.39, 0.29) is 11.6 Å². The lowest BCUT2D eigenvalue weighted by Crippen LogP contribution is -2.26. The van der Waals surface area contributed by atoms with Crippen molar-refractivity contribution in [3.8, 4) is 0 Å². The van der Waals surface area contributed by atoms with E-state index in [1.165, 1.54) is 15.2 Å². The lowest BCUT2D eigenvalue weighted by molar-refractivity contribution is -0.116. The number of hydrogen-bond acceptors (Lipinski definition) is 3. The van der Waals surface area contributed by atoms with Crippen LogP contribution in [0.2, 0.25) is 10.0 Å². The van der Waals surface area contributed by atoms with Gasteiger partial charge in [0.25, 0.3) is 0 Å². The predicted molar refractivity (Wildman–Crippen MR) is 103 cm³/mol. The Kier molecular flexibility index (Phi) is 5.75. The number of nitrogens with zero attached hydrogens (tertiary/aromatic N) is 3. The smallest absolute Gasteiger partial charge is 0.350 e. The van der Waals surface area contributed by atoms with E-state index in [1.54, 1.807) is 42.6 Å². The molecule has 3 rings (SSSR count). The van der Waals surface area contributed by atoms with Gasteiger partial charge in [-0.1, -0.05) is 35.3 Å². The first kappa shape index (κ1) is 18.2. The molecule has 0 unspecified atom stereocenters. The Balaban J connectivity index is 1.49. The summed E-state index contributed by atoms with van der Waals surface area (Å²) in [5.74, 6) is -0.224. The molecule has 3 aromatic rings. The molecule has 0 aliphatic carbocycles. The molecule has 0 saturated heterocycles. The van der Waals surface area contributed by atoms with Gasteiger partial charge in [-0.15, -0.1) is 5.10 Å². The molecule has 0 radical (unpaired) electrons. The number of rotatable bonds is 6. The van der Waals surface area contributed by atoms with Crippen LogP contribution in [0.5, 0.6) is 0 Å². The molecule has 0 fully saturated rings. The Morgan fingerprint density at radius 2 is 2.04 bits per heavy atom. The summed E-state index contributed by atoms with van der Waals surface area (Å²) >= 11 is 11.8. The zero-order valence-electron chi connectivity index (χ0n) is 13.7. The van der Waals surface area contributed by atoms with E-state index in [0.29, 0.717) is 35.2 Å². The molecule has 26 heavy (non-hydrogen) atoms. The number of hydrogen-bond donors (Lipinski definition) is 1. The van der Waals surface area contributed by atoms with E-state index < -0.39 is 0 Å². The fraction of sp³-hybridized carbons (Fsp3) is 0.167. The number of aryl methyl sites for hydroxylation is 1. The minimum Gasteiger partial charge on any atom is -0.352 e. The normalized spacial score (nSPS) is 11.3. The Labute approximate surface area is 159 Å². The standard InChI is InChI=1S/C18H16Cl2N4O2/c19-14-7-5-13(12-15(14)20)6-8-17(25)21-9-3-11-24-18(26)23-10-2-1-4-16(23)22-24/h1-2,4-8,10,12H,3,9,11H2,(H,21,25). The Morgan fingerprint density at radius 3 is 2.81 bits per heavy atom. The quantitative estimate of drug-likeness (QED) is 0.519. The molecule has 1 aromatic carbocycles. The summed E-state index contributed by atoms with van der Waals surface area (Å²) in [5, 5.41) is 7.91. The van der Waals surface area contributed by atoms with Gasteiger partial charge < -0.3 is 5.32 Å². The van der Waals surface area contributed by atoms with Crippen molar-refractivity contribution in [2.45, 2.75) is 13.0 Å². The second kappa shape index (κ2) is 8.21. The molecule has 1 amide bonds. The third-order valence-electron chi connectivity index (χ3n) is 3.71. The molecule has 6 nitrogen and oxygen atoms in total. The summed E-state index contributed by atoms with van der Waals surface area (Å²) in [6.07, 6.45) is 5.35. The maximum Gasteiger partial charge on any atom is 0.350 e. The summed E-state index contributed by atoms with van der Waals surface area (Å²) in [7, 11) is 0. The molecule has 0 aliphatic heterocycles. The van der Waals surface area contributed by atoms with Crippen LogP contribution in [0.25, 0.3) is 11.7 Å². The zero-order chi connectivity index (χ0) is 18.5. The van der Waals surface area contributed by atoms with Crippen LogP contribution in [0, 0.1) is 0 Å². The van der Waals surface area contributed by atoms with E-state index in [4.69, 9.17) is 23.2 Å². The summed E-state index contributed by atoms with van der Waals surface area (Å²) in [6, 6.07) is 10.5. The van der Waals surface area contributed by atoms with Crippen molar-refractivity contribution in [3.05, 3.63) is 74.8 Å². The summed E-state index contributed by atoms with van der Waals surface area (Å²) in [6.45, 7) is 0.863. The monoisotopic (exact) mass is 390 g/mol. The largest absolute Gasteiger partial charge is 0.352 e. The van der Waals surface area contributed by atoms with E-state index in [1.807, 2.05) is 6.07 Å². The van der Waals surface area contributed by atoms with Crippen molar-refractivity contribution >= 4 is 40.8 Å². The lowest BCUT2D eigenvalue weighted by atomic mass is 10.2. The SMILES string of the molecule is O=C(C=Cc1ccc(Cl)c(Cl)c1)NCCCn1nc2ccccn2c1=O. The van der Waals surface area contributed by atoms with Gasteiger partial charge in [0, 0.05) is 25.4 Å². The number of fused-ring (bicyclic) bond motifs is 1. The lowest BCUT2D eigenvalue weighted by Gasteiger charge is -2.02. The molecule has 134 valence electrons. The molecular weight excluding hydrogens is 375 g/mol. The Morgan fingerprint density at radius 1 is 1.19 bits per heavy atom. The van der Waals surface area contributed by atoms with Gasteiger partial charge in [0.15, 0.2) is 5.65 Å². The maximum atomic E-state index is 12.1.